The highest BCUT2D eigenvalue weighted by Crippen LogP contribution is 2.23. The number of nitrogens with one attached hydrogen (secondary N) is 1. The molecule has 0 saturated heterocycles. The van der Waals surface area contributed by atoms with Gasteiger partial charge in [-0.1, -0.05) is 54.6 Å². The molecule has 0 fully saturated rings. The van der Waals surface area contributed by atoms with Crippen LogP contribution in [-0.4, -0.2) is 26.7 Å². The maximum atomic E-state index is 12.5. The molecule has 2 aromatic heterocycles. The van der Waals surface area contributed by atoms with Gasteiger partial charge < -0.3 is 4.57 Å². The minimum absolute atomic E-state index is 0.0894. The first-order chi connectivity index (χ1) is 14.3. The Kier molecular flexibility index (Phi) is 5.53. The van der Waals surface area contributed by atoms with Gasteiger partial charge >= 0.3 is 0 Å². The Bertz CT molecular complexity index is 1160. The van der Waals surface area contributed by atoms with E-state index in [2.05, 4.69) is 20.5 Å². The maximum Gasteiger partial charge on any atom is 0.260 e. The van der Waals surface area contributed by atoms with Crippen molar-refractivity contribution in [2.24, 2.45) is 5.10 Å². The smallest absolute Gasteiger partial charge is 0.260 e. The Morgan fingerprint density at radius 3 is 2.62 bits per heavy atom. The molecule has 0 spiro atoms. The van der Waals surface area contributed by atoms with E-state index in [0.29, 0.717) is 11.5 Å². The van der Waals surface area contributed by atoms with E-state index in [1.165, 1.54) is 0 Å². The third kappa shape index (κ3) is 4.44. The van der Waals surface area contributed by atoms with Crippen LogP contribution in [-0.2, 0) is 11.3 Å². The Morgan fingerprint density at radius 2 is 1.79 bits per heavy atom. The number of para-hydroxylation sites is 2. The summed E-state index contributed by atoms with van der Waals surface area (Å²) >= 11 is 0. The molecule has 0 saturated carbocycles. The number of rotatable bonds is 6. The standard InChI is InChI=1S/C23H19N5O/c29-22(27-25-16-8-11-18-9-2-1-3-10-18)17-28-21-14-5-4-12-19(21)26-23(28)20-13-6-7-15-24-20/h1-16H,17H2,(H,27,29)/b11-8+,25-16+. The molecule has 0 bridgehead atoms. The van der Waals surface area contributed by atoms with Crippen LogP contribution < -0.4 is 5.43 Å². The van der Waals surface area contributed by atoms with E-state index >= 15 is 0 Å². The summed E-state index contributed by atoms with van der Waals surface area (Å²) in [5.74, 6) is 0.407. The van der Waals surface area contributed by atoms with Crippen molar-refractivity contribution < 1.29 is 4.79 Å². The number of imidazole rings is 1. The number of carbonyl (C=O) groups excluding carboxylic acids is 1. The zero-order valence-corrected chi connectivity index (χ0v) is 15.6. The second-order valence-electron chi connectivity index (χ2n) is 6.31. The number of benzene rings is 2. The van der Waals surface area contributed by atoms with Crippen molar-refractivity contribution >= 4 is 29.2 Å². The van der Waals surface area contributed by atoms with Gasteiger partial charge in [-0.15, -0.1) is 0 Å². The molecule has 1 amide bonds. The zero-order valence-electron chi connectivity index (χ0n) is 15.6. The van der Waals surface area contributed by atoms with Gasteiger partial charge in [0.15, 0.2) is 5.82 Å². The molecule has 0 radical (unpaired) electrons. The van der Waals surface area contributed by atoms with Gasteiger partial charge in [-0.2, -0.15) is 5.10 Å². The number of hydrogen-bond acceptors (Lipinski definition) is 4. The first-order valence-corrected chi connectivity index (χ1v) is 9.21. The molecule has 0 aliphatic heterocycles. The van der Waals surface area contributed by atoms with Crippen LogP contribution in [0.15, 0.2) is 90.2 Å². The summed E-state index contributed by atoms with van der Waals surface area (Å²) in [5.41, 5.74) is 6.03. The molecule has 6 heteroatoms. The fourth-order valence-corrected chi connectivity index (χ4v) is 2.98. The van der Waals surface area contributed by atoms with Crippen LogP contribution in [0.4, 0.5) is 0 Å². The topological polar surface area (TPSA) is 72.2 Å². The van der Waals surface area contributed by atoms with E-state index in [-0.39, 0.29) is 12.5 Å². The number of nitrogens with zero attached hydrogens (tertiary/aromatic N) is 4. The Labute approximate surface area is 168 Å². The van der Waals surface area contributed by atoms with Gasteiger partial charge in [0.05, 0.1) is 11.0 Å². The van der Waals surface area contributed by atoms with Crippen molar-refractivity contribution in [3.8, 4) is 11.5 Å². The molecule has 29 heavy (non-hydrogen) atoms. The lowest BCUT2D eigenvalue weighted by atomic mass is 10.2. The number of amides is 1. The number of hydrazone groups is 1. The van der Waals surface area contributed by atoms with E-state index in [4.69, 9.17) is 0 Å². The second kappa shape index (κ2) is 8.75. The monoisotopic (exact) mass is 381 g/mol. The average Bonchev–Trinajstić information content (AvgIpc) is 3.13. The first kappa shape index (κ1) is 18.3. The molecular weight excluding hydrogens is 362 g/mol. The molecule has 4 rings (SSSR count). The molecule has 0 atom stereocenters. The largest absolute Gasteiger partial charge is 0.313 e. The highest BCUT2D eigenvalue weighted by molar-refractivity contribution is 5.85. The molecule has 0 aliphatic rings. The van der Waals surface area contributed by atoms with Gasteiger partial charge in [0.1, 0.15) is 12.2 Å². The van der Waals surface area contributed by atoms with Crippen molar-refractivity contribution in [1.29, 1.82) is 0 Å². The lowest BCUT2D eigenvalue weighted by molar-refractivity contribution is -0.121. The number of hydrogen-bond donors (Lipinski definition) is 1. The van der Waals surface area contributed by atoms with E-state index in [9.17, 15) is 4.79 Å². The maximum absolute atomic E-state index is 12.5. The van der Waals surface area contributed by atoms with Gasteiger partial charge in [0, 0.05) is 12.4 Å². The zero-order chi connectivity index (χ0) is 19.9. The summed E-state index contributed by atoms with van der Waals surface area (Å²) < 4.78 is 1.85. The first-order valence-electron chi connectivity index (χ1n) is 9.21. The molecule has 1 N–H and O–H groups in total. The van der Waals surface area contributed by atoms with Crippen LogP contribution in [0.3, 0.4) is 0 Å². The lowest BCUT2D eigenvalue weighted by Crippen LogP contribution is -2.23. The third-order valence-electron chi connectivity index (χ3n) is 4.29. The van der Waals surface area contributed by atoms with E-state index < -0.39 is 0 Å². The van der Waals surface area contributed by atoms with Crippen LogP contribution in [0.25, 0.3) is 28.6 Å². The van der Waals surface area contributed by atoms with Gasteiger partial charge in [-0.3, -0.25) is 9.78 Å². The highest BCUT2D eigenvalue weighted by Gasteiger charge is 2.15. The normalized spacial score (nSPS) is 11.4. The van der Waals surface area contributed by atoms with Crippen molar-refractivity contribution in [3.05, 3.63) is 90.6 Å². The molecular formula is C23H19N5O. The number of allylic oxidation sites excluding steroid dienone is 1. The predicted octanol–water partition coefficient (Wildman–Crippen LogP) is 3.91. The van der Waals surface area contributed by atoms with Gasteiger partial charge in [0.2, 0.25) is 0 Å². The van der Waals surface area contributed by atoms with Gasteiger partial charge in [0.25, 0.3) is 5.91 Å². The SMILES string of the molecule is O=C(Cn1c(-c2ccccn2)nc2ccccc21)N/N=C/C=C/c1ccccc1. The van der Waals surface area contributed by atoms with Gasteiger partial charge in [-0.25, -0.2) is 10.4 Å². The molecule has 4 aromatic rings. The van der Waals surface area contributed by atoms with Crippen LogP contribution in [0.1, 0.15) is 5.56 Å². The van der Waals surface area contributed by atoms with Gasteiger partial charge in [-0.05, 0) is 35.9 Å². The minimum Gasteiger partial charge on any atom is -0.313 e. The number of pyridine rings is 1. The van der Waals surface area contributed by atoms with Crippen molar-refractivity contribution in [3.63, 3.8) is 0 Å². The third-order valence-corrected chi connectivity index (χ3v) is 4.29. The minimum atomic E-state index is -0.241. The number of fused-ring (bicyclic) bond motifs is 1. The molecule has 6 nitrogen and oxygen atoms in total. The number of carbonyl (C=O) groups is 1. The Hall–Kier alpha value is -4.06. The molecule has 2 heterocycles. The Morgan fingerprint density at radius 1 is 1.00 bits per heavy atom. The lowest BCUT2D eigenvalue weighted by Gasteiger charge is -2.07. The summed E-state index contributed by atoms with van der Waals surface area (Å²) in [6.45, 7) is 0.0894. The molecule has 2 aromatic carbocycles. The average molecular weight is 381 g/mol. The van der Waals surface area contributed by atoms with Crippen LogP contribution in [0.5, 0.6) is 0 Å². The molecule has 0 unspecified atom stereocenters. The molecule has 142 valence electrons. The summed E-state index contributed by atoms with van der Waals surface area (Å²) in [6.07, 6.45) is 6.96. The van der Waals surface area contributed by atoms with Crippen molar-refractivity contribution in [1.82, 2.24) is 20.0 Å². The fraction of sp³-hybridized carbons (Fsp3) is 0.0435. The van der Waals surface area contributed by atoms with E-state index in [1.54, 1.807) is 18.5 Å². The fourth-order valence-electron chi connectivity index (χ4n) is 2.98. The second-order valence-corrected chi connectivity index (χ2v) is 6.31. The predicted molar refractivity (Wildman–Crippen MR) is 115 cm³/mol. The number of aromatic nitrogens is 3. The van der Waals surface area contributed by atoms with E-state index in [0.717, 1.165) is 16.6 Å². The van der Waals surface area contributed by atoms with E-state index in [1.807, 2.05) is 83.4 Å². The quantitative estimate of drug-likeness (QED) is 0.406. The van der Waals surface area contributed by atoms with Crippen LogP contribution in [0.2, 0.25) is 0 Å². The highest BCUT2D eigenvalue weighted by atomic mass is 16.2. The van der Waals surface area contributed by atoms with Crippen LogP contribution in [0, 0.1) is 0 Å². The summed E-state index contributed by atoms with van der Waals surface area (Å²) in [7, 11) is 0. The Balaban J connectivity index is 1.49. The summed E-state index contributed by atoms with van der Waals surface area (Å²) in [4.78, 5) is 21.5. The van der Waals surface area contributed by atoms with Crippen molar-refractivity contribution in [2.45, 2.75) is 6.54 Å². The van der Waals surface area contributed by atoms with Crippen LogP contribution >= 0.6 is 0 Å². The van der Waals surface area contributed by atoms with Crippen molar-refractivity contribution in [2.75, 3.05) is 0 Å². The molecule has 0 aliphatic carbocycles. The summed E-state index contributed by atoms with van der Waals surface area (Å²) in [5, 5.41) is 3.99. The summed E-state index contributed by atoms with van der Waals surface area (Å²) in [6, 6.07) is 23.2.